The lowest BCUT2D eigenvalue weighted by Crippen LogP contribution is -2.32. The van der Waals surface area contributed by atoms with E-state index in [4.69, 9.17) is 23.2 Å². The molecule has 1 saturated heterocycles. The summed E-state index contributed by atoms with van der Waals surface area (Å²) in [5, 5.41) is 11.0. The van der Waals surface area contributed by atoms with Crippen LogP contribution in [-0.2, 0) is 12.3 Å². The smallest absolute Gasteiger partial charge is 0.254 e. The average molecular weight is 487 g/mol. The van der Waals surface area contributed by atoms with Crippen molar-refractivity contribution in [3.63, 3.8) is 0 Å². The van der Waals surface area contributed by atoms with E-state index in [9.17, 15) is 4.79 Å². The van der Waals surface area contributed by atoms with Crippen LogP contribution in [0.25, 0.3) is 0 Å². The van der Waals surface area contributed by atoms with Gasteiger partial charge in [0, 0.05) is 34.5 Å². The van der Waals surface area contributed by atoms with E-state index in [-0.39, 0.29) is 11.9 Å². The molecule has 1 aliphatic heterocycles. The van der Waals surface area contributed by atoms with Gasteiger partial charge in [-0.15, -0.1) is 16.8 Å². The molecule has 0 N–H and O–H groups in total. The van der Waals surface area contributed by atoms with Crippen LogP contribution in [-0.4, -0.2) is 32.1 Å². The molecular weight excluding hydrogens is 463 g/mol. The fourth-order valence-corrected chi connectivity index (χ4v) is 5.47. The van der Waals surface area contributed by atoms with Gasteiger partial charge in [-0.1, -0.05) is 64.8 Å². The minimum Gasteiger partial charge on any atom is -0.328 e. The van der Waals surface area contributed by atoms with Gasteiger partial charge in [0.1, 0.15) is 0 Å². The van der Waals surface area contributed by atoms with Crippen LogP contribution in [0.1, 0.15) is 46.2 Å². The third kappa shape index (κ3) is 4.87. The average Bonchev–Trinajstić information content (AvgIpc) is 3.40. The molecule has 1 amide bonds. The zero-order chi connectivity index (χ0) is 22.7. The standard InChI is InChI=1S/C24H24Cl2N4OS/c1-3-11-30-22(27-28-24(30)32-15-18-9-10-19(25)14-20(18)26)21-8-5-12-29(21)23(31)17-7-4-6-16(2)13-17/h3-4,6-7,9-10,13-14,21H,1,5,8,11-12,15H2,2H3. The van der Waals surface area contributed by atoms with Crippen molar-refractivity contribution in [2.24, 2.45) is 0 Å². The number of allylic oxidation sites excluding steroid dienone is 1. The van der Waals surface area contributed by atoms with Crippen molar-refractivity contribution in [1.82, 2.24) is 19.7 Å². The Balaban J connectivity index is 1.58. The zero-order valence-corrected chi connectivity index (χ0v) is 20.1. The molecule has 1 aliphatic rings. The van der Waals surface area contributed by atoms with Gasteiger partial charge in [-0.25, -0.2) is 0 Å². The summed E-state index contributed by atoms with van der Waals surface area (Å²) in [5.74, 6) is 1.47. The molecule has 1 atom stereocenters. The number of carbonyl (C=O) groups is 1. The quantitative estimate of drug-likeness (QED) is 0.288. The Bertz CT molecular complexity index is 1150. The summed E-state index contributed by atoms with van der Waals surface area (Å²) in [5.41, 5.74) is 2.76. The monoisotopic (exact) mass is 486 g/mol. The van der Waals surface area contributed by atoms with Crippen molar-refractivity contribution in [2.45, 2.75) is 43.3 Å². The largest absolute Gasteiger partial charge is 0.328 e. The van der Waals surface area contributed by atoms with Crippen LogP contribution >= 0.6 is 35.0 Å². The third-order valence-electron chi connectivity index (χ3n) is 5.51. The Labute approximate surface area is 202 Å². The third-order valence-corrected chi connectivity index (χ3v) is 7.11. The summed E-state index contributed by atoms with van der Waals surface area (Å²) in [7, 11) is 0. The lowest BCUT2D eigenvalue weighted by atomic mass is 10.1. The van der Waals surface area contributed by atoms with Crippen LogP contribution < -0.4 is 0 Å². The van der Waals surface area contributed by atoms with Crippen molar-refractivity contribution >= 4 is 40.9 Å². The van der Waals surface area contributed by atoms with Crippen molar-refractivity contribution in [2.75, 3.05) is 6.54 Å². The summed E-state index contributed by atoms with van der Waals surface area (Å²) < 4.78 is 2.05. The van der Waals surface area contributed by atoms with Crippen molar-refractivity contribution < 1.29 is 4.79 Å². The van der Waals surface area contributed by atoms with Gasteiger partial charge in [0.15, 0.2) is 11.0 Å². The first kappa shape index (κ1) is 22.9. The molecule has 3 aromatic rings. The van der Waals surface area contributed by atoms with Gasteiger partial charge in [0.25, 0.3) is 5.91 Å². The van der Waals surface area contributed by atoms with Crippen molar-refractivity contribution in [1.29, 1.82) is 0 Å². The molecule has 0 saturated carbocycles. The molecule has 4 rings (SSSR count). The number of thioether (sulfide) groups is 1. The number of hydrogen-bond acceptors (Lipinski definition) is 4. The number of carbonyl (C=O) groups excluding carboxylic acids is 1. The molecule has 1 fully saturated rings. The number of rotatable bonds is 7. The predicted octanol–water partition coefficient (Wildman–Crippen LogP) is 6.35. The second-order valence-electron chi connectivity index (χ2n) is 7.79. The summed E-state index contributed by atoms with van der Waals surface area (Å²) in [6, 6.07) is 13.1. The molecule has 166 valence electrons. The summed E-state index contributed by atoms with van der Waals surface area (Å²) >= 11 is 13.9. The molecule has 0 aliphatic carbocycles. The van der Waals surface area contributed by atoms with E-state index in [0.29, 0.717) is 34.5 Å². The Morgan fingerprint density at radius 2 is 2.09 bits per heavy atom. The maximum absolute atomic E-state index is 13.3. The maximum Gasteiger partial charge on any atom is 0.254 e. The van der Waals surface area contributed by atoms with E-state index in [2.05, 4.69) is 16.8 Å². The van der Waals surface area contributed by atoms with Crippen LogP contribution in [0.2, 0.25) is 10.0 Å². The van der Waals surface area contributed by atoms with Crippen molar-refractivity contribution in [3.05, 3.63) is 87.7 Å². The molecule has 5 nitrogen and oxygen atoms in total. The fraction of sp³-hybridized carbons (Fsp3) is 0.292. The lowest BCUT2D eigenvalue weighted by molar-refractivity contribution is 0.0727. The fourth-order valence-electron chi connectivity index (χ4n) is 3.96. The van der Waals surface area contributed by atoms with E-state index in [0.717, 1.165) is 34.9 Å². The minimum atomic E-state index is -0.107. The molecule has 8 heteroatoms. The number of nitrogens with zero attached hydrogens (tertiary/aromatic N) is 4. The molecule has 0 spiro atoms. The van der Waals surface area contributed by atoms with Gasteiger partial charge < -0.3 is 9.47 Å². The highest BCUT2D eigenvalue weighted by Gasteiger charge is 2.34. The first-order valence-corrected chi connectivity index (χ1v) is 12.2. The highest BCUT2D eigenvalue weighted by atomic mass is 35.5. The second-order valence-corrected chi connectivity index (χ2v) is 9.58. The zero-order valence-electron chi connectivity index (χ0n) is 17.8. The number of hydrogen-bond donors (Lipinski definition) is 0. The normalized spacial score (nSPS) is 15.8. The molecule has 0 radical (unpaired) electrons. The summed E-state index contributed by atoms with van der Waals surface area (Å²) in [6.07, 6.45) is 3.63. The summed E-state index contributed by atoms with van der Waals surface area (Å²) in [4.78, 5) is 15.2. The Hall–Kier alpha value is -2.28. The van der Waals surface area contributed by atoms with Gasteiger partial charge in [-0.05, 0) is 49.6 Å². The SMILES string of the molecule is C=CCn1c(SCc2ccc(Cl)cc2Cl)nnc1C1CCCN1C(=O)c1cccc(C)c1. The van der Waals surface area contributed by atoms with Crippen LogP contribution in [0.15, 0.2) is 60.3 Å². The highest BCUT2D eigenvalue weighted by Crippen LogP contribution is 2.35. The van der Waals surface area contributed by atoms with Crippen LogP contribution in [0.4, 0.5) is 0 Å². The number of amides is 1. The van der Waals surface area contributed by atoms with E-state index in [1.54, 1.807) is 17.8 Å². The molecule has 32 heavy (non-hydrogen) atoms. The molecule has 2 aromatic carbocycles. The minimum absolute atomic E-state index is 0.0338. The predicted molar refractivity (Wildman–Crippen MR) is 130 cm³/mol. The first-order valence-electron chi connectivity index (χ1n) is 10.5. The molecule has 1 aromatic heterocycles. The number of benzene rings is 2. The number of likely N-dealkylation sites (tertiary alicyclic amines) is 1. The highest BCUT2D eigenvalue weighted by molar-refractivity contribution is 7.98. The molecule has 2 heterocycles. The Morgan fingerprint density at radius 1 is 1.25 bits per heavy atom. The van der Waals surface area contributed by atoms with Crippen LogP contribution in [0.3, 0.4) is 0 Å². The second kappa shape index (κ2) is 10.1. The number of halogens is 2. The Kier molecular flexibility index (Phi) is 7.23. The molecule has 1 unspecified atom stereocenters. The first-order chi connectivity index (χ1) is 15.5. The topological polar surface area (TPSA) is 51.0 Å². The van der Waals surface area contributed by atoms with Gasteiger partial charge in [0.05, 0.1) is 6.04 Å². The summed E-state index contributed by atoms with van der Waals surface area (Å²) in [6.45, 7) is 7.17. The number of aryl methyl sites for hydroxylation is 1. The van der Waals surface area contributed by atoms with E-state index in [1.807, 2.05) is 58.9 Å². The molecule has 0 bridgehead atoms. The Morgan fingerprint density at radius 3 is 2.84 bits per heavy atom. The number of aromatic nitrogens is 3. The van der Waals surface area contributed by atoms with Crippen LogP contribution in [0, 0.1) is 6.92 Å². The van der Waals surface area contributed by atoms with Crippen LogP contribution in [0.5, 0.6) is 0 Å². The van der Waals surface area contributed by atoms with Gasteiger partial charge >= 0.3 is 0 Å². The van der Waals surface area contributed by atoms with Gasteiger partial charge in [-0.3, -0.25) is 4.79 Å². The molecular formula is C24H24Cl2N4OS. The van der Waals surface area contributed by atoms with E-state index >= 15 is 0 Å². The van der Waals surface area contributed by atoms with Gasteiger partial charge in [0.2, 0.25) is 0 Å². The van der Waals surface area contributed by atoms with Gasteiger partial charge in [-0.2, -0.15) is 0 Å². The van der Waals surface area contributed by atoms with E-state index in [1.165, 1.54) is 0 Å². The van der Waals surface area contributed by atoms with E-state index < -0.39 is 0 Å². The van der Waals surface area contributed by atoms with Crippen molar-refractivity contribution in [3.8, 4) is 0 Å². The lowest BCUT2D eigenvalue weighted by Gasteiger charge is -2.25. The maximum atomic E-state index is 13.3.